The smallest absolute Gasteiger partial charge is 0.243 e. The lowest BCUT2D eigenvalue weighted by atomic mass is 10.3. The molecule has 0 spiro atoms. The molecule has 0 unspecified atom stereocenters. The van der Waals surface area contributed by atoms with Crippen LogP contribution in [0.2, 0.25) is 0 Å². The topological polar surface area (TPSA) is 114 Å². The molecule has 0 aliphatic carbocycles. The van der Waals surface area contributed by atoms with Crippen LogP contribution in [-0.2, 0) is 19.6 Å². The van der Waals surface area contributed by atoms with Gasteiger partial charge in [-0.25, -0.2) is 8.42 Å². The number of benzene rings is 1. The summed E-state index contributed by atoms with van der Waals surface area (Å²) in [5, 5.41) is 14.7. The second-order valence-corrected chi connectivity index (χ2v) is 10.7. The molecule has 1 aromatic carbocycles. The standard InChI is InChI=1S/C17H23N5O4S3/c1-12(2)18-16-20-21-17(28-16)27-11-15(23)19-13-3-5-14(6-4-13)29(24,25)22-7-9-26-10-8-22/h3-6,12H,7-11H2,1-2H3,(H,18,20)(H,19,23). The highest BCUT2D eigenvalue weighted by Gasteiger charge is 2.26. The molecule has 0 radical (unpaired) electrons. The third-order valence-electron chi connectivity index (χ3n) is 3.89. The number of nitrogens with zero attached hydrogens (tertiary/aromatic N) is 3. The summed E-state index contributed by atoms with van der Waals surface area (Å²) in [5.41, 5.74) is 0.538. The first kappa shape index (κ1) is 22.0. The van der Waals surface area contributed by atoms with Crippen LogP contribution in [0.5, 0.6) is 0 Å². The molecule has 12 heteroatoms. The Kier molecular flexibility index (Phi) is 7.46. The van der Waals surface area contributed by atoms with Gasteiger partial charge in [-0.15, -0.1) is 10.2 Å². The summed E-state index contributed by atoms with van der Waals surface area (Å²) < 4.78 is 32.5. The van der Waals surface area contributed by atoms with Gasteiger partial charge in [-0.05, 0) is 38.1 Å². The maximum atomic E-state index is 12.6. The molecule has 1 aliphatic heterocycles. The quantitative estimate of drug-likeness (QED) is 0.580. The number of amides is 1. The molecule has 0 atom stereocenters. The fourth-order valence-electron chi connectivity index (χ4n) is 2.54. The number of morpholine rings is 1. The number of hydrogen-bond donors (Lipinski definition) is 2. The molecule has 1 saturated heterocycles. The Balaban J connectivity index is 1.52. The second kappa shape index (κ2) is 9.85. The Morgan fingerprint density at radius 3 is 2.59 bits per heavy atom. The Morgan fingerprint density at radius 2 is 1.93 bits per heavy atom. The van der Waals surface area contributed by atoms with Crippen molar-refractivity contribution in [2.24, 2.45) is 0 Å². The van der Waals surface area contributed by atoms with Crippen molar-refractivity contribution in [3.63, 3.8) is 0 Å². The lowest BCUT2D eigenvalue weighted by Crippen LogP contribution is -2.40. The van der Waals surface area contributed by atoms with Crippen molar-refractivity contribution in [3.8, 4) is 0 Å². The average Bonchev–Trinajstić information content (AvgIpc) is 3.14. The molecule has 158 valence electrons. The number of hydrogen-bond acceptors (Lipinski definition) is 9. The molecule has 9 nitrogen and oxygen atoms in total. The van der Waals surface area contributed by atoms with Gasteiger partial charge in [-0.2, -0.15) is 4.31 Å². The summed E-state index contributed by atoms with van der Waals surface area (Å²) >= 11 is 2.70. The number of carbonyl (C=O) groups excluding carboxylic acids is 1. The molecule has 1 fully saturated rings. The van der Waals surface area contributed by atoms with Gasteiger partial charge in [0.1, 0.15) is 0 Å². The summed E-state index contributed by atoms with van der Waals surface area (Å²) in [7, 11) is -3.54. The summed E-state index contributed by atoms with van der Waals surface area (Å²) in [5.74, 6) is -0.0169. The van der Waals surface area contributed by atoms with Gasteiger partial charge in [0.15, 0.2) is 4.34 Å². The zero-order chi connectivity index (χ0) is 20.9. The molecule has 0 bridgehead atoms. The highest BCUT2D eigenvalue weighted by molar-refractivity contribution is 8.01. The van der Waals surface area contributed by atoms with Crippen LogP contribution in [0, 0.1) is 0 Å². The minimum absolute atomic E-state index is 0.185. The predicted octanol–water partition coefficient (Wildman–Crippen LogP) is 2.11. The SMILES string of the molecule is CC(C)Nc1nnc(SCC(=O)Nc2ccc(S(=O)(=O)N3CCOCC3)cc2)s1. The number of anilines is 2. The molecule has 0 saturated carbocycles. The van der Waals surface area contributed by atoms with E-state index in [1.165, 1.54) is 39.5 Å². The third-order valence-corrected chi connectivity index (χ3v) is 7.79. The minimum atomic E-state index is -3.54. The number of sulfonamides is 1. The number of nitrogens with one attached hydrogen (secondary N) is 2. The van der Waals surface area contributed by atoms with Gasteiger partial charge in [0.2, 0.25) is 21.1 Å². The van der Waals surface area contributed by atoms with Crippen LogP contribution in [-0.4, -0.2) is 66.9 Å². The molecular formula is C17H23N5O4S3. The number of rotatable bonds is 8. The summed E-state index contributed by atoms with van der Waals surface area (Å²) in [6.07, 6.45) is 0. The van der Waals surface area contributed by atoms with Crippen LogP contribution in [0.3, 0.4) is 0 Å². The zero-order valence-corrected chi connectivity index (χ0v) is 18.6. The Bertz CT molecular complexity index is 925. The second-order valence-electron chi connectivity index (χ2n) is 6.55. The van der Waals surface area contributed by atoms with E-state index in [0.717, 1.165) is 5.13 Å². The first-order valence-electron chi connectivity index (χ1n) is 9.05. The molecule has 1 aliphatic rings. The van der Waals surface area contributed by atoms with Crippen molar-refractivity contribution in [1.82, 2.24) is 14.5 Å². The number of carbonyl (C=O) groups is 1. The first-order valence-corrected chi connectivity index (χ1v) is 12.3. The lowest BCUT2D eigenvalue weighted by Gasteiger charge is -2.26. The van der Waals surface area contributed by atoms with E-state index in [4.69, 9.17) is 4.74 Å². The Morgan fingerprint density at radius 1 is 1.24 bits per heavy atom. The average molecular weight is 458 g/mol. The van der Waals surface area contributed by atoms with Gasteiger partial charge in [0.05, 0.1) is 23.9 Å². The van der Waals surface area contributed by atoms with Crippen LogP contribution in [0.15, 0.2) is 33.5 Å². The fourth-order valence-corrected chi connectivity index (χ4v) is 5.65. The fraction of sp³-hybridized carbons (Fsp3) is 0.471. The Labute approximate surface area is 178 Å². The van der Waals surface area contributed by atoms with Crippen LogP contribution in [0.1, 0.15) is 13.8 Å². The zero-order valence-electron chi connectivity index (χ0n) is 16.1. The molecule has 3 rings (SSSR count). The Hall–Kier alpha value is -1.73. The van der Waals surface area contributed by atoms with Gasteiger partial charge < -0.3 is 15.4 Å². The van der Waals surface area contributed by atoms with Crippen molar-refractivity contribution < 1.29 is 17.9 Å². The molecule has 1 aromatic heterocycles. The van der Waals surface area contributed by atoms with E-state index >= 15 is 0 Å². The monoisotopic (exact) mass is 457 g/mol. The van der Waals surface area contributed by atoms with Crippen molar-refractivity contribution >= 4 is 49.8 Å². The molecule has 2 N–H and O–H groups in total. The summed E-state index contributed by atoms with van der Waals surface area (Å²) in [6, 6.07) is 6.44. The molecular weight excluding hydrogens is 434 g/mol. The van der Waals surface area contributed by atoms with Crippen molar-refractivity contribution in [2.45, 2.75) is 29.1 Å². The minimum Gasteiger partial charge on any atom is -0.379 e. The van der Waals surface area contributed by atoms with Gasteiger partial charge in [0.25, 0.3) is 0 Å². The number of aromatic nitrogens is 2. The first-order chi connectivity index (χ1) is 13.8. The van der Waals surface area contributed by atoms with Crippen molar-refractivity contribution in [3.05, 3.63) is 24.3 Å². The summed E-state index contributed by atoms with van der Waals surface area (Å²) in [6.45, 7) is 5.51. The van der Waals surface area contributed by atoms with Gasteiger partial charge in [-0.3, -0.25) is 4.79 Å². The lowest BCUT2D eigenvalue weighted by molar-refractivity contribution is -0.113. The van der Waals surface area contributed by atoms with Gasteiger partial charge in [-0.1, -0.05) is 23.1 Å². The van der Waals surface area contributed by atoms with E-state index in [-0.39, 0.29) is 22.6 Å². The van der Waals surface area contributed by atoms with E-state index in [2.05, 4.69) is 20.8 Å². The molecule has 2 heterocycles. The number of thioether (sulfide) groups is 1. The highest BCUT2D eigenvalue weighted by atomic mass is 32.2. The van der Waals surface area contributed by atoms with E-state index in [1.54, 1.807) is 12.1 Å². The van der Waals surface area contributed by atoms with E-state index in [0.29, 0.717) is 36.3 Å². The molecule has 29 heavy (non-hydrogen) atoms. The maximum absolute atomic E-state index is 12.6. The van der Waals surface area contributed by atoms with Crippen molar-refractivity contribution in [1.29, 1.82) is 0 Å². The van der Waals surface area contributed by atoms with Crippen LogP contribution >= 0.6 is 23.1 Å². The predicted molar refractivity (Wildman–Crippen MR) is 114 cm³/mol. The van der Waals surface area contributed by atoms with E-state index < -0.39 is 10.0 Å². The van der Waals surface area contributed by atoms with Crippen LogP contribution in [0.25, 0.3) is 0 Å². The number of ether oxygens (including phenoxy) is 1. The van der Waals surface area contributed by atoms with Gasteiger partial charge in [0, 0.05) is 24.8 Å². The normalized spacial score (nSPS) is 15.4. The maximum Gasteiger partial charge on any atom is 0.243 e. The highest BCUT2D eigenvalue weighted by Crippen LogP contribution is 2.26. The molecule has 2 aromatic rings. The van der Waals surface area contributed by atoms with E-state index in [1.807, 2.05) is 13.8 Å². The van der Waals surface area contributed by atoms with Gasteiger partial charge >= 0.3 is 0 Å². The van der Waals surface area contributed by atoms with Crippen LogP contribution < -0.4 is 10.6 Å². The third kappa shape index (κ3) is 6.12. The van der Waals surface area contributed by atoms with E-state index in [9.17, 15) is 13.2 Å². The van der Waals surface area contributed by atoms with Crippen molar-refractivity contribution in [2.75, 3.05) is 42.7 Å². The van der Waals surface area contributed by atoms with Crippen LogP contribution in [0.4, 0.5) is 10.8 Å². The molecule has 1 amide bonds. The largest absolute Gasteiger partial charge is 0.379 e. The summed E-state index contributed by atoms with van der Waals surface area (Å²) in [4.78, 5) is 12.4.